The first kappa shape index (κ1) is 20.0. The Bertz CT molecular complexity index is 443. The molecule has 0 aliphatic heterocycles. The Hall–Kier alpha value is -1.06. The molecular formula is C19H36N2O2. The van der Waals surface area contributed by atoms with Gasteiger partial charge in [0.05, 0.1) is 0 Å². The molecule has 4 nitrogen and oxygen atoms in total. The molecule has 2 amide bonds. The van der Waals surface area contributed by atoms with E-state index in [0.717, 1.165) is 32.1 Å². The summed E-state index contributed by atoms with van der Waals surface area (Å²) >= 11 is 0. The van der Waals surface area contributed by atoms with Crippen LogP contribution in [0.15, 0.2) is 0 Å². The minimum Gasteiger partial charge on any atom is -0.356 e. The molecule has 23 heavy (non-hydrogen) atoms. The van der Waals surface area contributed by atoms with Gasteiger partial charge in [0.25, 0.3) is 0 Å². The summed E-state index contributed by atoms with van der Waals surface area (Å²) in [7, 11) is 0. The molecule has 0 aromatic rings. The van der Waals surface area contributed by atoms with E-state index in [4.69, 9.17) is 0 Å². The lowest BCUT2D eigenvalue weighted by Crippen LogP contribution is -2.52. The van der Waals surface area contributed by atoms with Crippen LogP contribution in [0.1, 0.15) is 80.6 Å². The zero-order valence-corrected chi connectivity index (χ0v) is 16.1. The first-order chi connectivity index (χ1) is 10.4. The summed E-state index contributed by atoms with van der Waals surface area (Å²) in [6, 6.07) is 0.182. The van der Waals surface area contributed by atoms with Gasteiger partial charge in [-0.25, -0.2) is 0 Å². The monoisotopic (exact) mass is 324 g/mol. The van der Waals surface area contributed by atoms with Gasteiger partial charge in [0, 0.05) is 24.9 Å². The van der Waals surface area contributed by atoms with E-state index >= 15 is 0 Å². The molecule has 1 saturated carbocycles. The Morgan fingerprint density at radius 3 is 2.30 bits per heavy atom. The summed E-state index contributed by atoms with van der Waals surface area (Å²) in [5, 5.41) is 6.26. The van der Waals surface area contributed by atoms with Crippen molar-refractivity contribution in [3.8, 4) is 0 Å². The number of rotatable bonds is 6. The van der Waals surface area contributed by atoms with Crippen molar-refractivity contribution < 1.29 is 9.59 Å². The zero-order valence-electron chi connectivity index (χ0n) is 16.1. The second-order valence-electron chi connectivity index (χ2n) is 9.27. The lowest BCUT2D eigenvalue weighted by atomic mass is 9.62. The molecular weight excluding hydrogens is 288 g/mol. The fraction of sp³-hybridized carbons (Fsp3) is 0.895. The largest absolute Gasteiger partial charge is 0.356 e. The standard InChI is InChI=1S/C19H36N2O2/c1-8-9-18(5,6)16(23)21-15-10-17(3,4)12-19(7,11-15)13-20-14(2)22/h15H,8-13H2,1-7H3,(H,20,22)(H,21,23). The molecule has 2 atom stereocenters. The molecule has 0 aromatic heterocycles. The van der Waals surface area contributed by atoms with Crippen molar-refractivity contribution in [1.29, 1.82) is 0 Å². The average Bonchev–Trinajstić information content (AvgIpc) is 2.34. The van der Waals surface area contributed by atoms with Gasteiger partial charge >= 0.3 is 0 Å². The summed E-state index contributed by atoms with van der Waals surface area (Å²) in [5.41, 5.74) is -0.122. The van der Waals surface area contributed by atoms with Crippen molar-refractivity contribution in [2.24, 2.45) is 16.2 Å². The first-order valence-corrected chi connectivity index (χ1v) is 8.95. The van der Waals surface area contributed by atoms with Crippen molar-refractivity contribution in [3.63, 3.8) is 0 Å². The maximum Gasteiger partial charge on any atom is 0.225 e. The summed E-state index contributed by atoms with van der Waals surface area (Å²) in [4.78, 5) is 23.9. The highest BCUT2D eigenvalue weighted by molar-refractivity contribution is 5.82. The van der Waals surface area contributed by atoms with E-state index in [9.17, 15) is 9.59 Å². The van der Waals surface area contributed by atoms with Crippen LogP contribution < -0.4 is 10.6 Å². The quantitative estimate of drug-likeness (QED) is 0.783. The first-order valence-electron chi connectivity index (χ1n) is 8.95. The molecule has 2 unspecified atom stereocenters. The average molecular weight is 325 g/mol. The van der Waals surface area contributed by atoms with E-state index in [0.29, 0.717) is 6.54 Å². The van der Waals surface area contributed by atoms with Crippen LogP contribution in [0.5, 0.6) is 0 Å². The predicted octanol–water partition coefficient (Wildman–Crippen LogP) is 3.65. The molecule has 134 valence electrons. The minimum atomic E-state index is -0.315. The molecule has 0 radical (unpaired) electrons. The van der Waals surface area contributed by atoms with E-state index < -0.39 is 0 Å². The molecule has 1 fully saturated rings. The van der Waals surface area contributed by atoms with Crippen LogP contribution in [-0.4, -0.2) is 24.4 Å². The van der Waals surface area contributed by atoms with Gasteiger partial charge < -0.3 is 10.6 Å². The molecule has 0 saturated heterocycles. The Labute approximate surface area is 142 Å². The Balaban J connectivity index is 2.78. The van der Waals surface area contributed by atoms with Gasteiger partial charge in [-0.3, -0.25) is 9.59 Å². The lowest BCUT2D eigenvalue weighted by Gasteiger charge is -2.47. The smallest absolute Gasteiger partial charge is 0.225 e. The van der Waals surface area contributed by atoms with Gasteiger partial charge in [0.1, 0.15) is 0 Å². The van der Waals surface area contributed by atoms with Crippen LogP contribution in [0.4, 0.5) is 0 Å². The second kappa shape index (κ2) is 7.23. The number of hydrogen-bond donors (Lipinski definition) is 2. The number of nitrogens with one attached hydrogen (secondary N) is 2. The van der Waals surface area contributed by atoms with Gasteiger partial charge in [-0.2, -0.15) is 0 Å². The molecule has 0 aromatic carbocycles. The number of carbonyl (C=O) groups excluding carboxylic acids is 2. The van der Waals surface area contributed by atoms with Crippen molar-refractivity contribution in [2.75, 3.05) is 6.54 Å². The van der Waals surface area contributed by atoms with E-state index in [2.05, 4.69) is 38.3 Å². The summed E-state index contributed by atoms with van der Waals surface area (Å²) in [5.74, 6) is 0.170. The number of hydrogen-bond acceptors (Lipinski definition) is 2. The Kier molecular flexibility index (Phi) is 6.28. The molecule has 1 aliphatic rings. The molecule has 1 rings (SSSR count). The number of amides is 2. The molecule has 0 heterocycles. The summed E-state index contributed by atoms with van der Waals surface area (Å²) in [6.07, 6.45) is 4.89. The topological polar surface area (TPSA) is 58.2 Å². The van der Waals surface area contributed by atoms with Gasteiger partial charge in [0.15, 0.2) is 0 Å². The third kappa shape index (κ3) is 6.15. The van der Waals surface area contributed by atoms with Crippen LogP contribution in [0, 0.1) is 16.2 Å². The second-order valence-corrected chi connectivity index (χ2v) is 9.27. The van der Waals surface area contributed by atoms with Crippen LogP contribution >= 0.6 is 0 Å². The van der Waals surface area contributed by atoms with E-state index in [1.54, 1.807) is 6.92 Å². The Morgan fingerprint density at radius 2 is 1.78 bits per heavy atom. The minimum absolute atomic E-state index is 0.0132. The van der Waals surface area contributed by atoms with Crippen molar-refractivity contribution in [2.45, 2.75) is 86.6 Å². The van der Waals surface area contributed by atoms with Crippen molar-refractivity contribution in [1.82, 2.24) is 10.6 Å². The highest BCUT2D eigenvalue weighted by Gasteiger charge is 2.42. The lowest BCUT2D eigenvalue weighted by molar-refractivity contribution is -0.131. The number of carbonyl (C=O) groups is 2. The highest BCUT2D eigenvalue weighted by Crippen LogP contribution is 2.46. The SMILES string of the molecule is CCCC(C)(C)C(=O)NC1CC(C)(C)CC(C)(CNC(C)=O)C1. The van der Waals surface area contributed by atoms with E-state index in [-0.39, 0.29) is 34.1 Å². The maximum atomic E-state index is 12.6. The van der Waals surface area contributed by atoms with Crippen LogP contribution in [0.2, 0.25) is 0 Å². The van der Waals surface area contributed by atoms with Gasteiger partial charge in [-0.15, -0.1) is 0 Å². The molecule has 2 N–H and O–H groups in total. The zero-order chi connectivity index (χ0) is 17.9. The van der Waals surface area contributed by atoms with Gasteiger partial charge in [-0.1, -0.05) is 48.0 Å². The van der Waals surface area contributed by atoms with Gasteiger partial charge in [0.2, 0.25) is 11.8 Å². The normalized spacial score (nSPS) is 27.3. The molecule has 0 spiro atoms. The van der Waals surface area contributed by atoms with E-state index in [1.807, 2.05) is 13.8 Å². The third-order valence-electron chi connectivity index (χ3n) is 5.03. The summed E-state index contributed by atoms with van der Waals surface area (Å²) < 4.78 is 0. The predicted molar refractivity (Wildman–Crippen MR) is 95.0 cm³/mol. The van der Waals surface area contributed by atoms with Crippen LogP contribution in [-0.2, 0) is 9.59 Å². The van der Waals surface area contributed by atoms with Crippen LogP contribution in [0.25, 0.3) is 0 Å². The van der Waals surface area contributed by atoms with Crippen molar-refractivity contribution >= 4 is 11.8 Å². The fourth-order valence-electron chi connectivity index (χ4n) is 4.33. The maximum absolute atomic E-state index is 12.6. The fourth-order valence-corrected chi connectivity index (χ4v) is 4.33. The van der Waals surface area contributed by atoms with Crippen LogP contribution in [0.3, 0.4) is 0 Å². The Morgan fingerprint density at radius 1 is 1.17 bits per heavy atom. The molecule has 4 heteroatoms. The third-order valence-corrected chi connectivity index (χ3v) is 5.03. The molecule has 0 bridgehead atoms. The van der Waals surface area contributed by atoms with Gasteiger partial charge in [-0.05, 0) is 36.5 Å². The molecule has 1 aliphatic carbocycles. The van der Waals surface area contributed by atoms with Crippen molar-refractivity contribution in [3.05, 3.63) is 0 Å². The highest BCUT2D eigenvalue weighted by atomic mass is 16.2. The van der Waals surface area contributed by atoms with E-state index in [1.165, 1.54) is 0 Å². The summed E-state index contributed by atoms with van der Waals surface area (Å²) in [6.45, 7) is 15.1.